The molecule has 0 aliphatic carbocycles. The Balaban J connectivity index is 1.86. The van der Waals surface area contributed by atoms with Crippen LogP contribution in [0.1, 0.15) is 16.1 Å². The van der Waals surface area contributed by atoms with Gasteiger partial charge in [0.25, 0.3) is 11.6 Å². The van der Waals surface area contributed by atoms with E-state index in [2.05, 4.69) is 10.3 Å². The van der Waals surface area contributed by atoms with E-state index in [1.54, 1.807) is 24.3 Å². The molecular formula is C17H14N4O4. The number of nitrogens with two attached hydrogens (primary N) is 1. The molecule has 2 aromatic carbocycles. The molecule has 3 rings (SSSR count). The van der Waals surface area contributed by atoms with Crippen molar-refractivity contribution in [3.8, 4) is 11.5 Å². The third-order valence-corrected chi connectivity index (χ3v) is 3.48. The topological polar surface area (TPSA) is 124 Å². The summed E-state index contributed by atoms with van der Waals surface area (Å²) in [5.74, 6) is -0.106. The van der Waals surface area contributed by atoms with Gasteiger partial charge in [0, 0.05) is 29.1 Å². The van der Waals surface area contributed by atoms with Crippen LogP contribution in [0.5, 0.6) is 0 Å². The van der Waals surface area contributed by atoms with Gasteiger partial charge in [0.05, 0.1) is 16.2 Å². The Kier molecular flexibility index (Phi) is 4.17. The minimum Gasteiger partial charge on any atom is -0.444 e. The number of carbonyl (C=O) groups excluding carboxylic acids is 1. The van der Waals surface area contributed by atoms with Gasteiger partial charge in [-0.3, -0.25) is 14.9 Å². The first-order valence-electron chi connectivity index (χ1n) is 7.32. The monoisotopic (exact) mass is 338 g/mol. The van der Waals surface area contributed by atoms with E-state index in [1.165, 1.54) is 18.4 Å². The molecule has 8 heteroatoms. The quantitative estimate of drug-likeness (QED) is 0.427. The summed E-state index contributed by atoms with van der Waals surface area (Å²) in [6, 6.07) is 10.6. The van der Waals surface area contributed by atoms with Crippen molar-refractivity contribution in [1.82, 2.24) is 4.98 Å². The van der Waals surface area contributed by atoms with Crippen LogP contribution in [0.3, 0.4) is 0 Å². The molecule has 0 fully saturated rings. The van der Waals surface area contributed by atoms with E-state index in [1.807, 2.05) is 6.92 Å². The number of oxazole rings is 1. The van der Waals surface area contributed by atoms with Crippen LogP contribution >= 0.6 is 0 Å². The maximum atomic E-state index is 12.4. The molecule has 0 aliphatic rings. The molecular weight excluding hydrogens is 324 g/mol. The number of amides is 1. The number of carbonyl (C=O) groups is 1. The molecule has 0 bridgehead atoms. The smallest absolute Gasteiger partial charge is 0.270 e. The number of benzene rings is 2. The van der Waals surface area contributed by atoms with E-state index in [0.717, 1.165) is 11.8 Å². The van der Waals surface area contributed by atoms with E-state index in [0.29, 0.717) is 17.1 Å². The molecule has 0 aliphatic heterocycles. The number of nitro groups is 1. The molecule has 0 saturated heterocycles. The second-order valence-electron chi connectivity index (χ2n) is 5.36. The zero-order chi connectivity index (χ0) is 18.0. The number of non-ortho nitro benzene ring substituents is 1. The lowest BCUT2D eigenvalue weighted by molar-refractivity contribution is -0.384. The fourth-order valence-electron chi connectivity index (χ4n) is 2.27. The third-order valence-electron chi connectivity index (χ3n) is 3.48. The summed E-state index contributed by atoms with van der Waals surface area (Å²) in [6.45, 7) is 1.81. The van der Waals surface area contributed by atoms with Crippen molar-refractivity contribution >= 4 is 23.0 Å². The summed E-state index contributed by atoms with van der Waals surface area (Å²) in [6.07, 6.45) is 1.53. The zero-order valence-corrected chi connectivity index (χ0v) is 13.2. The maximum Gasteiger partial charge on any atom is 0.270 e. The first kappa shape index (κ1) is 16.2. The number of hydrogen-bond acceptors (Lipinski definition) is 6. The van der Waals surface area contributed by atoms with Gasteiger partial charge in [-0.15, -0.1) is 0 Å². The highest BCUT2D eigenvalue weighted by Crippen LogP contribution is 2.24. The molecule has 3 aromatic rings. The minimum atomic E-state index is -0.582. The van der Waals surface area contributed by atoms with Crippen molar-refractivity contribution < 1.29 is 14.1 Å². The van der Waals surface area contributed by atoms with E-state index < -0.39 is 10.8 Å². The molecule has 8 nitrogen and oxygen atoms in total. The van der Waals surface area contributed by atoms with Crippen LogP contribution < -0.4 is 11.1 Å². The Bertz CT molecular complexity index is 965. The lowest BCUT2D eigenvalue weighted by Gasteiger charge is -2.08. The molecule has 0 saturated carbocycles. The molecule has 0 spiro atoms. The standard InChI is InChI=1S/C17H14N4O4/c1-10-9-25-17(19-10)11-3-2-4-12(7-11)20-16(22)14-8-13(21(23)24)5-6-15(14)18/h2-9H,18H2,1H3,(H,20,22). The van der Waals surface area contributed by atoms with Crippen LogP contribution in [-0.2, 0) is 0 Å². The molecule has 3 N–H and O–H groups in total. The van der Waals surface area contributed by atoms with Crippen LogP contribution in [0.4, 0.5) is 17.1 Å². The van der Waals surface area contributed by atoms with Gasteiger partial charge >= 0.3 is 0 Å². The molecule has 126 valence electrons. The number of anilines is 2. The van der Waals surface area contributed by atoms with Crippen LogP contribution in [-0.4, -0.2) is 15.8 Å². The van der Waals surface area contributed by atoms with E-state index in [4.69, 9.17) is 10.2 Å². The highest BCUT2D eigenvalue weighted by Gasteiger charge is 2.16. The molecule has 25 heavy (non-hydrogen) atoms. The van der Waals surface area contributed by atoms with Crippen molar-refractivity contribution in [2.45, 2.75) is 6.92 Å². The SMILES string of the molecule is Cc1coc(-c2cccc(NC(=O)c3cc([N+](=O)[O-])ccc3N)c2)n1. The summed E-state index contributed by atoms with van der Waals surface area (Å²) in [5, 5.41) is 13.5. The Morgan fingerprint density at radius 2 is 2.08 bits per heavy atom. The van der Waals surface area contributed by atoms with Crippen molar-refractivity contribution in [1.29, 1.82) is 0 Å². The third kappa shape index (κ3) is 3.47. The average Bonchev–Trinajstić information content (AvgIpc) is 3.01. The number of rotatable bonds is 4. The Morgan fingerprint density at radius 1 is 1.28 bits per heavy atom. The Labute approximate surface area is 142 Å². The van der Waals surface area contributed by atoms with Gasteiger partial charge in [0.1, 0.15) is 6.26 Å². The van der Waals surface area contributed by atoms with Crippen molar-refractivity contribution in [2.24, 2.45) is 0 Å². The summed E-state index contributed by atoms with van der Waals surface area (Å²) in [5.41, 5.74) is 7.67. The summed E-state index contributed by atoms with van der Waals surface area (Å²) < 4.78 is 5.34. The van der Waals surface area contributed by atoms with E-state index in [9.17, 15) is 14.9 Å². The number of nitrogens with one attached hydrogen (secondary N) is 1. The van der Waals surface area contributed by atoms with Crippen LogP contribution in [0, 0.1) is 17.0 Å². The Hall–Kier alpha value is -3.68. The van der Waals surface area contributed by atoms with Crippen molar-refractivity contribution in [2.75, 3.05) is 11.1 Å². The van der Waals surface area contributed by atoms with Gasteiger partial charge in [-0.2, -0.15) is 0 Å². The number of hydrogen-bond donors (Lipinski definition) is 2. The molecule has 0 unspecified atom stereocenters. The van der Waals surface area contributed by atoms with Gasteiger partial charge in [-0.1, -0.05) is 6.07 Å². The van der Waals surface area contributed by atoms with E-state index in [-0.39, 0.29) is 16.9 Å². The lowest BCUT2D eigenvalue weighted by Crippen LogP contribution is -2.14. The molecule has 0 atom stereocenters. The van der Waals surface area contributed by atoms with Gasteiger partial charge in [0.15, 0.2) is 0 Å². The Morgan fingerprint density at radius 3 is 2.76 bits per heavy atom. The van der Waals surface area contributed by atoms with E-state index >= 15 is 0 Å². The molecule has 1 aromatic heterocycles. The number of aromatic nitrogens is 1. The van der Waals surface area contributed by atoms with Crippen LogP contribution in [0.25, 0.3) is 11.5 Å². The summed E-state index contributed by atoms with van der Waals surface area (Å²) in [4.78, 5) is 26.9. The highest BCUT2D eigenvalue weighted by atomic mass is 16.6. The number of nitrogen functional groups attached to an aromatic ring is 1. The molecule has 0 radical (unpaired) electrons. The predicted molar refractivity (Wildman–Crippen MR) is 92.1 cm³/mol. The summed E-state index contributed by atoms with van der Waals surface area (Å²) in [7, 11) is 0. The maximum absolute atomic E-state index is 12.4. The largest absolute Gasteiger partial charge is 0.444 e. The molecule has 1 amide bonds. The zero-order valence-electron chi connectivity index (χ0n) is 13.2. The molecule has 1 heterocycles. The van der Waals surface area contributed by atoms with Crippen LogP contribution in [0.15, 0.2) is 53.1 Å². The average molecular weight is 338 g/mol. The number of aryl methyl sites for hydroxylation is 1. The highest BCUT2D eigenvalue weighted by molar-refractivity contribution is 6.08. The predicted octanol–water partition coefficient (Wildman–Crippen LogP) is 3.39. The van der Waals surface area contributed by atoms with Gasteiger partial charge in [0.2, 0.25) is 5.89 Å². The van der Waals surface area contributed by atoms with Gasteiger partial charge in [-0.25, -0.2) is 4.98 Å². The normalized spacial score (nSPS) is 10.4. The van der Waals surface area contributed by atoms with Crippen molar-refractivity contribution in [3.63, 3.8) is 0 Å². The van der Waals surface area contributed by atoms with Crippen LogP contribution in [0.2, 0.25) is 0 Å². The second-order valence-corrected chi connectivity index (χ2v) is 5.36. The second kappa shape index (κ2) is 6.44. The van der Waals surface area contributed by atoms with Gasteiger partial charge in [-0.05, 0) is 31.2 Å². The first-order valence-corrected chi connectivity index (χ1v) is 7.32. The van der Waals surface area contributed by atoms with Crippen molar-refractivity contribution in [3.05, 3.63) is 70.1 Å². The summed E-state index contributed by atoms with van der Waals surface area (Å²) >= 11 is 0. The first-order chi connectivity index (χ1) is 11.9. The lowest BCUT2D eigenvalue weighted by atomic mass is 10.1. The fourth-order valence-corrected chi connectivity index (χ4v) is 2.27. The number of nitrogens with zero attached hydrogens (tertiary/aromatic N) is 2. The number of nitro benzene ring substituents is 1. The van der Waals surface area contributed by atoms with Gasteiger partial charge < -0.3 is 15.5 Å². The fraction of sp³-hybridized carbons (Fsp3) is 0.0588. The minimum absolute atomic E-state index is 0.0339.